The minimum Gasteiger partial charge on any atom is -0.377 e. The van der Waals surface area contributed by atoms with Crippen LogP contribution in [0.5, 0.6) is 0 Å². The largest absolute Gasteiger partial charge is 0.377 e. The lowest BCUT2D eigenvalue weighted by Gasteiger charge is -2.30. The zero-order valence-electron chi connectivity index (χ0n) is 14.4. The van der Waals surface area contributed by atoms with Gasteiger partial charge in [-0.15, -0.1) is 0 Å². The molecule has 0 radical (unpaired) electrons. The van der Waals surface area contributed by atoms with E-state index in [1.807, 2.05) is 18.2 Å². The van der Waals surface area contributed by atoms with E-state index in [1.165, 1.54) is 6.33 Å². The van der Waals surface area contributed by atoms with Gasteiger partial charge in [-0.05, 0) is 18.6 Å². The van der Waals surface area contributed by atoms with Crippen LogP contribution in [0, 0.1) is 5.92 Å². The molecule has 2 fully saturated rings. The highest BCUT2D eigenvalue weighted by Gasteiger charge is 2.44. The Labute approximate surface area is 151 Å². The fraction of sp³-hybridized carbons (Fsp3) is 0.529. The number of hydrogen-bond donors (Lipinski definition) is 2. The van der Waals surface area contributed by atoms with Gasteiger partial charge in [0.15, 0.2) is 0 Å². The molecule has 138 valence electrons. The average molecular weight is 358 g/mol. The first-order valence-electron chi connectivity index (χ1n) is 8.75. The van der Waals surface area contributed by atoms with E-state index < -0.39 is 5.60 Å². The second kappa shape index (κ2) is 7.38. The predicted octanol–water partition coefficient (Wildman–Crippen LogP) is 0.559. The van der Waals surface area contributed by atoms with Crippen molar-refractivity contribution in [1.29, 1.82) is 0 Å². The summed E-state index contributed by atoms with van der Waals surface area (Å²) in [5.74, 6) is 1.26. The molecule has 2 saturated heterocycles. The number of H-pyrrole nitrogens is 1. The van der Waals surface area contributed by atoms with E-state index >= 15 is 0 Å². The maximum Gasteiger partial charge on any atom is 0.291 e. The van der Waals surface area contributed by atoms with Crippen LogP contribution in [0.3, 0.4) is 0 Å². The molecule has 9 nitrogen and oxygen atoms in total. The minimum absolute atomic E-state index is 0.175. The first-order valence-corrected chi connectivity index (χ1v) is 8.75. The Hall–Kier alpha value is -2.52. The Morgan fingerprint density at radius 1 is 1.42 bits per heavy atom. The molecule has 1 spiro atoms. The van der Waals surface area contributed by atoms with Crippen LogP contribution in [0.2, 0.25) is 0 Å². The van der Waals surface area contributed by atoms with E-state index in [0.717, 1.165) is 18.8 Å². The van der Waals surface area contributed by atoms with Crippen molar-refractivity contribution in [3.63, 3.8) is 0 Å². The topological polar surface area (TPSA) is 105 Å². The number of nitrogens with one attached hydrogen (secondary N) is 2. The van der Waals surface area contributed by atoms with Crippen molar-refractivity contribution in [1.82, 2.24) is 25.1 Å². The third kappa shape index (κ3) is 3.68. The Bertz CT molecular complexity index is 725. The van der Waals surface area contributed by atoms with E-state index in [0.29, 0.717) is 38.8 Å². The number of aromatic nitrogens is 4. The highest BCUT2D eigenvalue weighted by Crippen LogP contribution is 2.33. The third-order valence-corrected chi connectivity index (χ3v) is 4.78. The Balaban J connectivity index is 1.38. The van der Waals surface area contributed by atoms with Gasteiger partial charge in [-0.3, -0.25) is 9.89 Å². The Morgan fingerprint density at radius 3 is 3.19 bits per heavy atom. The zero-order chi connectivity index (χ0) is 17.8. The molecule has 4 rings (SSSR count). The molecular weight excluding hydrogens is 336 g/mol. The maximum atomic E-state index is 12.6. The van der Waals surface area contributed by atoms with E-state index in [9.17, 15) is 4.79 Å². The number of pyridine rings is 1. The standard InChI is InChI=1S/C17H22N6O3/c24-16(15-20-12-21-22-15)23-5-6-25-11-17(10-23)7-13(9-26-17)8-19-14-3-1-2-4-18-14/h1-4,12-13H,5-11H2,(H,18,19)(H,20,21,22). The predicted molar refractivity (Wildman–Crippen MR) is 92.6 cm³/mol. The fourth-order valence-corrected chi connectivity index (χ4v) is 3.53. The van der Waals surface area contributed by atoms with Crippen molar-refractivity contribution in [2.75, 3.05) is 44.8 Å². The van der Waals surface area contributed by atoms with Gasteiger partial charge in [0.1, 0.15) is 17.7 Å². The van der Waals surface area contributed by atoms with Crippen LogP contribution in [-0.4, -0.2) is 76.0 Å². The molecule has 2 aromatic heterocycles. The lowest BCUT2D eigenvalue weighted by Crippen LogP contribution is -2.46. The third-order valence-electron chi connectivity index (χ3n) is 4.78. The van der Waals surface area contributed by atoms with Crippen LogP contribution >= 0.6 is 0 Å². The van der Waals surface area contributed by atoms with Crippen LogP contribution in [0.25, 0.3) is 0 Å². The van der Waals surface area contributed by atoms with E-state index in [4.69, 9.17) is 9.47 Å². The van der Waals surface area contributed by atoms with E-state index in [2.05, 4.69) is 25.5 Å². The zero-order valence-corrected chi connectivity index (χ0v) is 14.4. The molecule has 2 N–H and O–H groups in total. The van der Waals surface area contributed by atoms with Gasteiger partial charge in [0.05, 0.1) is 26.4 Å². The van der Waals surface area contributed by atoms with Crippen molar-refractivity contribution in [3.8, 4) is 0 Å². The summed E-state index contributed by atoms with van der Waals surface area (Å²) < 4.78 is 11.9. The number of nitrogens with zero attached hydrogens (tertiary/aromatic N) is 4. The molecular formula is C17H22N6O3. The van der Waals surface area contributed by atoms with E-state index in [-0.39, 0.29) is 11.7 Å². The first kappa shape index (κ1) is 16.9. The number of amides is 1. The molecule has 9 heteroatoms. The summed E-state index contributed by atoms with van der Waals surface area (Å²) in [6.07, 6.45) is 3.93. The molecule has 4 heterocycles. The summed E-state index contributed by atoms with van der Waals surface area (Å²) in [5.41, 5.74) is -0.470. The Kier molecular flexibility index (Phi) is 4.81. The van der Waals surface area contributed by atoms with Crippen LogP contribution < -0.4 is 5.32 Å². The number of rotatable bonds is 4. The smallest absolute Gasteiger partial charge is 0.291 e. The van der Waals surface area contributed by atoms with Crippen molar-refractivity contribution in [2.45, 2.75) is 12.0 Å². The monoisotopic (exact) mass is 358 g/mol. The van der Waals surface area contributed by atoms with Gasteiger partial charge >= 0.3 is 0 Å². The summed E-state index contributed by atoms with van der Waals surface area (Å²) in [7, 11) is 0. The van der Waals surface area contributed by atoms with E-state index in [1.54, 1.807) is 11.1 Å². The highest BCUT2D eigenvalue weighted by atomic mass is 16.5. The number of carbonyl (C=O) groups excluding carboxylic acids is 1. The van der Waals surface area contributed by atoms with Crippen molar-refractivity contribution in [3.05, 3.63) is 36.5 Å². The number of anilines is 1. The number of carbonyl (C=O) groups is 1. The fourth-order valence-electron chi connectivity index (χ4n) is 3.53. The maximum absolute atomic E-state index is 12.6. The quantitative estimate of drug-likeness (QED) is 0.823. The van der Waals surface area contributed by atoms with Gasteiger partial charge in [-0.25, -0.2) is 9.97 Å². The molecule has 2 aliphatic rings. The SMILES string of the molecule is O=C(c1ncn[nH]1)N1CCOCC2(CC(CNc3ccccn3)CO2)C1. The molecule has 2 aromatic rings. The molecule has 0 aliphatic carbocycles. The molecule has 2 aliphatic heterocycles. The summed E-state index contributed by atoms with van der Waals surface area (Å²) >= 11 is 0. The van der Waals surface area contributed by atoms with Gasteiger partial charge in [0.2, 0.25) is 5.82 Å². The van der Waals surface area contributed by atoms with Crippen molar-refractivity contribution >= 4 is 11.7 Å². The van der Waals surface area contributed by atoms with Gasteiger partial charge in [-0.1, -0.05) is 6.07 Å². The molecule has 0 bridgehead atoms. The van der Waals surface area contributed by atoms with Gasteiger partial charge in [-0.2, -0.15) is 5.10 Å². The van der Waals surface area contributed by atoms with Gasteiger partial charge in [0.25, 0.3) is 5.91 Å². The second-order valence-electron chi connectivity index (χ2n) is 6.77. The van der Waals surface area contributed by atoms with Crippen LogP contribution in [0.15, 0.2) is 30.7 Å². The van der Waals surface area contributed by atoms with Crippen LogP contribution in [-0.2, 0) is 9.47 Å². The molecule has 2 unspecified atom stereocenters. The molecule has 1 amide bonds. The summed E-state index contributed by atoms with van der Waals surface area (Å²) in [6, 6.07) is 5.79. The lowest BCUT2D eigenvalue weighted by molar-refractivity contribution is -0.0539. The Morgan fingerprint density at radius 2 is 2.38 bits per heavy atom. The van der Waals surface area contributed by atoms with Crippen LogP contribution in [0.4, 0.5) is 5.82 Å². The summed E-state index contributed by atoms with van der Waals surface area (Å²) in [6.45, 7) is 3.39. The van der Waals surface area contributed by atoms with Gasteiger partial charge in [0, 0.05) is 25.2 Å². The minimum atomic E-state index is -0.470. The van der Waals surface area contributed by atoms with Crippen molar-refractivity contribution in [2.24, 2.45) is 5.92 Å². The summed E-state index contributed by atoms with van der Waals surface area (Å²) in [4.78, 5) is 22.6. The molecule has 26 heavy (non-hydrogen) atoms. The average Bonchev–Trinajstić information content (AvgIpc) is 3.29. The number of hydrogen-bond acceptors (Lipinski definition) is 7. The van der Waals surface area contributed by atoms with Gasteiger partial charge < -0.3 is 19.7 Å². The number of ether oxygens (including phenoxy) is 2. The van der Waals surface area contributed by atoms with Crippen molar-refractivity contribution < 1.29 is 14.3 Å². The molecule has 0 saturated carbocycles. The normalized spacial score (nSPS) is 26.0. The lowest BCUT2D eigenvalue weighted by atomic mass is 9.94. The molecule has 2 atom stereocenters. The molecule has 0 aromatic carbocycles. The summed E-state index contributed by atoms with van der Waals surface area (Å²) in [5, 5.41) is 9.73. The number of aromatic amines is 1. The highest BCUT2D eigenvalue weighted by molar-refractivity contribution is 5.90. The second-order valence-corrected chi connectivity index (χ2v) is 6.77. The first-order chi connectivity index (χ1) is 12.7. The van der Waals surface area contributed by atoms with Crippen LogP contribution in [0.1, 0.15) is 17.0 Å².